The van der Waals surface area contributed by atoms with Gasteiger partial charge in [0.05, 0.1) is 17.3 Å². The zero-order valence-electron chi connectivity index (χ0n) is 10.9. The SMILES string of the molecule is CCCC(Nc1ccc(N)cc1C#N)c1cccs1. The van der Waals surface area contributed by atoms with Gasteiger partial charge in [0.15, 0.2) is 0 Å². The molecule has 0 amide bonds. The van der Waals surface area contributed by atoms with Crippen molar-refractivity contribution in [2.24, 2.45) is 0 Å². The van der Waals surface area contributed by atoms with E-state index >= 15 is 0 Å². The average molecular weight is 271 g/mol. The van der Waals surface area contributed by atoms with Crippen molar-refractivity contribution in [1.82, 2.24) is 0 Å². The first kappa shape index (κ1) is 13.4. The van der Waals surface area contributed by atoms with Gasteiger partial charge in [0.2, 0.25) is 0 Å². The third kappa shape index (κ3) is 3.27. The Morgan fingerprint density at radius 2 is 2.26 bits per heavy atom. The zero-order valence-corrected chi connectivity index (χ0v) is 11.7. The molecule has 2 aromatic rings. The number of nitriles is 1. The molecule has 3 nitrogen and oxygen atoms in total. The standard InChI is InChI=1S/C15H17N3S/c1-2-4-14(15-5-3-8-19-15)18-13-7-6-12(17)9-11(13)10-16/h3,5-9,14,18H,2,4,17H2,1H3. The molecule has 4 heteroatoms. The van der Waals surface area contributed by atoms with E-state index in [9.17, 15) is 5.26 Å². The third-order valence-corrected chi connectivity index (χ3v) is 3.94. The molecule has 1 unspecified atom stereocenters. The number of benzene rings is 1. The molecule has 1 atom stereocenters. The quantitative estimate of drug-likeness (QED) is 0.803. The van der Waals surface area contributed by atoms with Crippen LogP contribution in [0.1, 0.15) is 36.2 Å². The number of nitrogens with one attached hydrogen (secondary N) is 1. The van der Waals surface area contributed by atoms with Crippen molar-refractivity contribution in [2.45, 2.75) is 25.8 Å². The van der Waals surface area contributed by atoms with Crippen LogP contribution in [0.25, 0.3) is 0 Å². The van der Waals surface area contributed by atoms with Crippen LogP contribution in [-0.4, -0.2) is 0 Å². The lowest BCUT2D eigenvalue weighted by Gasteiger charge is -2.19. The smallest absolute Gasteiger partial charge is 0.101 e. The second kappa shape index (κ2) is 6.26. The van der Waals surface area contributed by atoms with Crippen LogP contribution in [0.15, 0.2) is 35.7 Å². The number of hydrogen-bond donors (Lipinski definition) is 2. The highest BCUT2D eigenvalue weighted by Gasteiger charge is 2.13. The molecule has 0 aliphatic rings. The predicted octanol–water partition coefficient (Wildman–Crippen LogP) is 4.16. The predicted molar refractivity (Wildman–Crippen MR) is 81.2 cm³/mol. The summed E-state index contributed by atoms with van der Waals surface area (Å²) in [5.74, 6) is 0. The van der Waals surface area contributed by atoms with Gasteiger partial charge in [-0.2, -0.15) is 5.26 Å². The Kier molecular flexibility index (Phi) is 4.43. The Labute approximate surface area is 117 Å². The summed E-state index contributed by atoms with van der Waals surface area (Å²) in [6.45, 7) is 2.16. The summed E-state index contributed by atoms with van der Waals surface area (Å²) in [5, 5.41) is 14.7. The van der Waals surface area contributed by atoms with Crippen molar-refractivity contribution < 1.29 is 0 Å². The molecule has 19 heavy (non-hydrogen) atoms. The maximum atomic E-state index is 9.17. The first-order valence-corrected chi connectivity index (χ1v) is 7.22. The van der Waals surface area contributed by atoms with Gasteiger partial charge in [-0.3, -0.25) is 0 Å². The summed E-state index contributed by atoms with van der Waals surface area (Å²) in [6.07, 6.45) is 2.13. The van der Waals surface area contributed by atoms with E-state index in [0.29, 0.717) is 11.3 Å². The second-order valence-electron chi connectivity index (χ2n) is 4.42. The molecular weight excluding hydrogens is 254 g/mol. The van der Waals surface area contributed by atoms with Crippen LogP contribution < -0.4 is 11.1 Å². The molecule has 0 saturated carbocycles. The minimum absolute atomic E-state index is 0.251. The molecule has 0 bridgehead atoms. The highest BCUT2D eigenvalue weighted by Crippen LogP contribution is 2.29. The minimum Gasteiger partial charge on any atom is -0.399 e. The van der Waals surface area contributed by atoms with Crippen LogP contribution in [0.4, 0.5) is 11.4 Å². The molecule has 0 saturated heterocycles. The minimum atomic E-state index is 0.251. The summed E-state index contributed by atoms with van der Waals surface area (Å²) < 4.78 is 0. The number of hydrogen-bond acceptors (Lipinski definition) is 4. The summed E-state index contributed by atoms with van der Waals surface area (Å²) in [4.78, 5) is 1.29. The average Bonchev–Trinajstić information content (AvgIpc) is 2.94. The molecule has 3 N–H and O–H groups in total. The van der Waals surface area contributed by atoms with Crippen molar-refractivity contribution in [3.8, 4) is 6.07 Å². The van der Waals surface area contributed by atoms with Crippen molar-refractivity contribution >= 4 is 22.7 Å². The molecule has 0 spiro atoms. The van der Waals surface area contributed by atoms with Gasteiger partial charge in [0, 0.05) is 10.6 Å². The Morgan fingerprint density at radius 3 is 2.89 bits per heavy atom. The van der Waals surface area contributed by atoms with Gasteiger partial charge in [-0.25, -0.2) is 0 Å². The van der Waals surface area contributed by atoms with Crippen molar-refractivity contribution in [3.63, 3.8) is 0 Å². The number of nitrogen functional groups attached to an aromatic ring is 1. The van der Waals surface area contributed by atoms with Crippen LogP contribution in [-0.2, 0) is 0 Å². The summed E-state index contributed by atoms with van der Waals surface area (Å²) in [5.41, 5.74) is 7.77. The van der Waals surface area contributed by atoms with E-state index < -0.39 is 0 Å². The van der Waals surface area contributed by atoms with Crippen LogP contribution in [0, 0.1) is 11.3 Å². The normalized spacial score (nSPS) is 11.8. The Hall–Kier alpha value is -1.99. The highest BCUT2D eigenvalue weighted by molar-refractivity contribution is 7.10. The maximum Gasteiger partial charge on any atom is 0.101 e. The van der Waals surface area contributed by atoms with E-state index in [1.807, 2.05) is 12.1 Å². The van der Waals surface area contributed by atoms with Gasteiger partial charge in [0.25, 0.3) is 0 Å². The van der Waals surface area contributed by atoms with E-state index in [2.05, 4.69) is 35.8 Å². The van der Waals surface area contributed by atoms with Gasteiger partial charge in [0.1, 0.15) is 6.07 Å². The van der Waals surface area contributed by atoms with E-state index in [-0.39, 0.29) is 6.04 Å². The van der Waals surface area contributed by atoms with Crippen LogP contribution >= 0.6 is 11.3 Å². The largest absolute Gasteiger partial charge is 0.399 e. The molecule has 1 aromatic carbocycles. The molecule has 98 valence electrons. The van der Waals surface area contributed by atoms with Crippen molar-refractivity contribution in [3.05, 3.63) is 46.2 Å². The van der Waals surface area contributed by atoms with E-state index in [1.54, 1.807) is 17.4 Å². The molecule has 0 radical (unpaired) electrons. The topological polar surface area (TPSA) is 61.8 Å². The van der Waals surface area contributed by atoms with Gasteiger partial charge in [-0.05, 0) is 36.1 Å². The fourth-order valence-corrected chi connectivity index (χ4v) is 2.84. The maximum absolute atomic E-state index is 9.17. The Bertz CT molecular complexity index is 570. The highest BCUT2D eigenvalue weighted by atomic mass is 32.1. The lowest BCUT2D eigenvalue weighted by Crippen LogP contribution is -2.10. The number of anilines is 2. The van der Waals surface area contributed by atoms with E-state index in [0.717, 1.165) is 18.5 Å². The molecule has 0 aliphatic carbocycles. The summed E-state index contributed by atoms with van der Waals surface area (Å²) >= 11 is 1.74. The molecule has 2 rings (SSSR count). The van der Waals surface area contributed by atoms with Gasteiger partial charge in [-0.1, -0.05) is 19.4 Å². The molecule has 0 fully saturated rings. The first-order valence-electron chi connectivity index (χ1n) is 6.34. The van der Waals surface area contributed by atoms with Crippen LogP contribution in [0.5, 0.6) is 0 Å². The number of nitrogens with zero attached hydrogens (tertiary/aromatic N) is 1. The fraction of sp³-hybridized carbons (Fsp3) is 0.267. The molecule has 1 heterocycles. The Morgan fingerprint density at radius 1 is 1.42 bits per heavy atom. The van der Waals surface area contributed by atoms with E-state index in [1.165, 1.54) is 4.88 Å². The van der Waals surface area contributed by atoms with Crippen molar-refractivity contribution in [2.75, 3.05) is 11.1 Å². The number of rotatable bonds is 5. The zero-order chi connectivity index (χ0) is 13.7. The lowest BCUT2D eigenvalue weighted by molar-refractivity contribution is 0.687. The van der Waals surface area contributed by atoms with Gasteiger partial charge < -0.3 is 11.1 Å². The number of thiophene rings is 1. The monoisotopic (exact) mass is 271 g/mol. The molecular formula is C15H17N3S. The van der Waals surface area contributed by atoms with Crippen LogP contribution in [0.2, 0.25) is 0 Å². The van der Waals surface area contributed by atoms with E-state index in [4.69, 9.17) is 5.73 Å². The second-order valence-corrected chi connectivity index (χ2v) is 5.40. The molecule has 1 aromatic heterocycles. The lowest BCUT2D eigenvalue weighted by atomic mass is 10.1. The van der Waals surface area contributed by atoms with Crippen LogP contribution in [0.3, 0.4) is 0 Å². The summed E-state index contributed by atoms with van der Waals surface area (Å²) in [6, 6.07) is 12.0. The number of nitrogens with two attached hydrogens (primary N) is 1. The summed E-state index contributed by atoms with van der Waals surface area (Å²) in [7, 11) is 0. The van der Waals surface area contributed by atoms with Crippen molar-refractivity contribution in [1.29, 1.82) is 5.26 Å². The van der Waals surface area contributed by atoms with Gasteiger partial charge >= 0.3 is 0 Å². The first-order chi connectivity index (χ1) is 9.24. The van der Waals surface area contributed by atoms with Gasteiger partial charge in [-0.15, -0.1) is 11.3 Å². The third-order valence-electron chi connectivity index (χ3n) is 2.96. The fourth-order valence-electron chi connectivity index (χ4n) is 2.03. The Balaban J connectivity index is 2.25. The molecule has 0 aliphatic heterocycles.